The van der Waals surface area contributed by atoms with Crippen LogP contribution in [0.15, 0.2) is 97.1 Å². The topological polar surface area (TPSA) is 129 Å². The molecule has 0 radical (unpaired) electrons. The number of carboxylic acid groups (broad SMARTS) is 1. The molecule has 1 heterocycles. The Hall–Kier alpha value is -5.63. The number of amidine groups is 1. The van der Waals surface area contributed by atoms with Crippen molar-refractivity contribution in [2.75, 3.05) is 18.6 Å². The van der Waals surface area contributed by atoms with Gasteiger partial charge in [-0.3, -0.25) is 10.2 Å². The minimum Gasteiger partial charge on any atom is -0.496 e. The highest BCUT2D eigenvalue weighted by Crippen LogP contribution is 2.36. The monoisotopic (exact) mass is 584 g/mol. The molecule has 0 aromatic heterocycles. The van der Waals surface area contributed by atoms with Crippen molar-refractivity contribution in [3.63, 3.8) is 0 Å². The first kappa shape index (κ1) is 28.5. The van der Waals surface area contributed by atoms with Gasteiger partial charge in [-0.05, 0) is 75.3 Å². The van der Waals surface area contributed by atoms with E-state index in [4.69, 9.17) is 15.9 Å². The molecule has 0 fully saturated rings. The minimum atomic E-state index is -1.11. The number of hydrogen-bond donors (Lipinski definition) is 4. The fraction of sp³-hybridized carbons (Fsp3) is 0.139. The van der Waals surface area contributed by atoms with Crippen molar-refractivity contribution in [1.82, 2.24) is 5.32 Å². The zero-order valence-corrected chi connectivity index (χ0v) is 24.3. The number of methoxy groups -OCH3 is 1. The van der Waals surface area contributed by atoms with E-state index in [0.29, 0.717) is 24.2 Å². The number of carbonyl (C=O) groups is 2. The molecule has 5 N–H and O–H groups in total. The summed E-state index contributed by atoms with van der Waals surface area (Å²) in [6, 6.07) is 30.5. The van der Waals surface area contributed by atoms with Gasteiger partial charge in [0.2, 0.25) is 0 Å². The highest BCUT2D eigenvalue weighted by Gasteiger charge is 2.25. The Morgan fingerprint density at radius 3 is 2.45 bits per heavy atom. The first-order chi connectivity index (χ1) is 21.3. The third-order valence-electron chi connectivity index (χ3n) is 8.19. The number of aromatic carboxylic acids is 1. The number of hydrogen-bond acceptors (Lipinski definition) is 5. The Morgan fingerprint density at radius 1 is 0.909 bits per heavy atom. The molecule has 5 aromatic carbocycles. The second kappa shape index (κ2) is 11.9. The number of anilines is 1. The van der Waals surface area contributed by atoms with E-state index in [1.165, 1.54) is 13.2 Å². The molecule has 0 spiro atoms. The first-order valence-electron chi connectivity index (χ1n) is 14.3. The van der Waals surface area contributed by atoms with E-state index in [1.54, 1.807) is 6.07 Å². The number of rotatable bonds is 9. The van der Waals surface area contributed by atoms with Crippen molar-refractivity contribution in [3.05, 3.63) is 130 Å². The van der Waals surface area contributed by atoms with Crippen LogP contribution in [0.4, 0.5) is 5.69 Å². The molecule has 0 saturated carbocycles. The van der Waals surface area contributed by atoms with Crippen molar-refractivity contribution in [2.24, 2.45) is 5.73 Å². The quantitative estimate of drug-likeness (QED) is 0.124. The van der Waals surface area contributed by atoms with Gasteiger partial charge in [0.15, 0.2) is 0 Å². The number of nitrogens with zero attached hydrogens (tertiary/aromatic N) is 1. The molecular formula is C36H32N4O4. The number of nitrogens with one attached hydrogen (secondary N) is 2. The van der Waals surface area contributed by atoms with Crippen LogP contribution in [0.1, 0.15) is 43.0 Å². The van der Waals surface area contributed by atoms with E-state index in [1.807, 2.05) is 84.9 Å². The van der Waals surface area contributed by atoms with Gasteiger partial charge >= 0.3 is 5.97 Å². The minimum absolute atomic E-state index is 0.0364. The Kier molecular flexibility index (Phi) is 7.72. The molecule has 44 heavy (non-hydrogen) atoms. The lowest BCUT2D eigenvalue weighted by Crippen LogP contribution is -2.24. The summed E-state index contributed by atoms with van der Waals surface area (Å²) in [5.41, 5.74) is 11.9. The second-order valence-electron chi connectivity index (χ2n) is 10.8. The molecule has 0 saturated heterocycles. The van der Waals surface area contributed by atoms with E-state index < -0.39 is 5.97 Å². The number of ether oxygens (including phenoxy) is 1. The van der Waals surface area contributed by atoms with E-state index in [-0.39, 0.29) is 28.6 Å². The van der Waals surface area contributed by atoms with Gasteiger partial charge < -0.3 is 25.8 Å². The Labute approximate surface area is 255 Å². The highest BCUT2D eigenvalue weighted by molar-refractivity contribution is 6.04. The number of carbonyl (C=O) groups excluding carboxylic acids is 1. The van der Waals surface area contributed by atoms with Gasteiger partial charge in [-0.25, -0.2) is 4.79 Å². The van der Waals surface area contributed by atoms with Crippen molar-refractivity contribution in [1.29, 1.82) is 5.41 Å². The lowest BCUT2D eigenvalue weighted by atomic mass is 9.92. The molecule has 1 aliphatic rings. The summed E-state index contributed by atoms with van der Waals surface area (Å²) < 4.78 is 5.52. The number of carboxylic acids is 1. The average molecular weight is 585 g/mol. The molecule has 1 amide bonds. The van der Waals surface area contributed by atoms with Gasteiger partial charge in [-0.15, -0.1) is 0 Å². The largest absolute Gasteiger partial charge is 0.496 e. The Morgan fingerprint density at radius 2 is 1.66 bits per heavy atom. The summed E-state index contributed by atoms with van der Waals surface area (Å²) in [6.07, 6.45) is 0.822. The molecule has 8 heteroatoms. The smallest absolute Gasteiger partial charge is 0.336 e. The molecule has 8 nitrogen and oxygen atoms in total. The van der Waals surface area contributed by atoms with Crippen LogP contribution >= 0.6 is 0 Å². The van der Waals surface area contributed by atoms with E-state index in [0.717, 1.165) is 51.7 Å². The summed E-state index contributed by atoms with van der Waals surface area (Å²) in [5, 5.41) is 23.1. The molecular weight excluding hydrogens is 552 g/mol. The molecule has 220 valence electrons. The molecule has 6 rings (SSSR count). The van der Waals surface area contributed by atoms with Crippen molar-refractivity contribution >= 4 is 34.2 Å². The van der Waals surface area contributed by atoms with Crippen LogP contribution in [0.5, 0.6) is 5.75 Å². The summed E-state index contributed by atoms with van der Waals surface area (Å²) in [4.78, 5) is 28.3. The molecule has 0 unspecified atom stereocenters. The predicted molar refractivity (Wildman–Crippen MR) is 173 cm³/mol. The fourth-order valence-electron chi connectivity index (χ4n) is 5.97. The van der Waals surface area contributed by atoms with Crippen molar-refractivity contribution < 1.29 is 19.4 Å². The van der Waals surface area contributed by atoms with E-state index in [9.17, 15) is 14.7 Å². The lowest BCUT2D eigenvalue weighted by molar-refractivity contribution is 0.0696. The number of nitrogen functional groups attached to an aromatic ring is 1. The highest BCUT2D eigenvalue weighted by atomic mass is 16.5. The van der Waals surface area contributed by atoms with Crippen LogP contribution in [-0.2, 0) is 19.5 Å². The second-order valence-corrected chi connectivity index (χ2v) is 10.8. The van der Waals surface area contributed by atoms with Crippen molar-refractivity contribution in [3.8, 4) is 16.9 Å². The molecule has 0 bridgehead atoms. The Bertz CT molecular complexity index is 1930. The van der Waals surface area contributed by atoms with Gasteiger partial charge in [0.25, 0.3) is 5.91 Å². The molecule has 5 aromatic rings. The molecule has 0 atom stereocenters. The number of amides is 1. The van der Waals surface area contributed by atoms with Crippen LogP contribution in [0.25, 0.3) is 21.9 Å². The standard InChI is InChI=1S/C36H32N4O4/c1-44-33-19-30(36(42)43)29(18-31(33)35(41)39-20-25-10-6-9-22-7-2-4-11-27(22)25)28-12-5-3-8-26(28)21-40-16-15-23-17-24(34(37)38)13-14-32(23)40/h2-14,17-19H,15-16,20-21H2,1H3,(H3,37,38)(H,39,41)(H,42,43). The van der Waals surface area contributed by atoms with Crippen LogP contribution < -0.4 is 20.7 Å². The molecule has 1 aliphatic heterocycles. The summed E-state index contributed by atoms with van der Waals surface area (Å²) in [5.74, 6) is -1.25. The van der Waals surface area contributed by atoms with Crippen LogP contribution in [-0.4, -0.2) is 36.5 Å². The number of benzene rings is 5. The van der Waals surface area contributed by atoms with E-state index >= 15 is 0 Å². The Balaban J connectivity index is 1.34. The third-order valence-corrected chi connectivity index (χ3v) is 8.19. The predicted octanol–water partition coefficient (Wildman–Crippen LogP) is 5.99. The summed E-state index contributed by atoms with van der Waals surface area (Å²) >= 11 is 0. The SMILES string of the molecule is COc1cc(C(=O)O)c(-c2ccccc2CN2CCc3cc(C(=N)N)ccc32)cc1C(=O)NCc1cccc2ccccc12. The van der Waals surface area contributed by atoms with Gasteiger partial charge in [0.1, 0.15) is 11.6 Å². The average Bonchev–Trinajstić information content (AvgIpc) is 3.44. The maximum atomic E-state index is 13.6. The summed E-state index contributed by atoms with van der Waals surface area (Å²) in [7, 11) is 1.43. The maximum absolute atomic E-state index is 13.6. The van der Waals surface area contributed by atoms with Crippen LogP contribution in [0.3, 0.4) is 0 Å². The van der Waals surface area contributed by atoms with Crippen LogP contribution in [0.2, 0.25) is 0 Å². The van der Waals surface area contributed by atoms with Gasteiger partial charge in [-0.2, -0.15) is 0 Å². The lowest BCUT2D eigenvalue weighted by Gasteiger charge is -2.22. The maximum Gasteiger partial charge on any atom is 0.336 e. The number of nitrogens with two attached hydrogens (primary N) is 1. The van der Waals surface area contributed by atoms with Gasteiger partial charge in [-0.1, -0.05) is 66.7 Å². The van der Waals surface area contributed by atoms with Gasteiger partial charge in [0.05, 0.1) is 18.2 Å². The fourth-order valence-corrected chi connectivity index (χ4v) is 5.97. The third kappa shape index (κ3) is 5.45. The zero-order valence-electron chi connectivity index (χ0n) is 24.3. The van der Waals surface area contributed by atoms with Crippen molar-refractivity contribution in [2.45, 2.75) is 19.5 Å². The van der Waals surface area contributed by atoms with Crippen LogP contribution in [0, 0.1) is 5.41 Å². The van der Waals surface area contributed by atoms with Gasteiger partial charge in [0, 0.05) is 30.9 Å². The summed E-state index contributed by atoms with van der Waals surface area (Å²) in [6.45, 7) is 1.62. The van der Waals surface area contributed by atoms with E-state index in [2.05, 4.69) is 10.2 Å². The normalized spacial score (nSPS) is 12.2. The molecule has 0 aliphatic carbocycles. The first-order valence-corrected chi connectivity index (χ1v) is 14.3. The zero-order chi connectivity index (χ0) is 30.8. The number of fused-ring (bicyclic) bond motifs is 2.